The number of hydrogen-bond acceptors (Lipinski definition) is 10. The first kappa shape index (κ1) is 29.0. The zero-order valence-corrected chi connectivity index (χ0v) is 24.3. The Morgan fingerprint density at radius 3 is 1.52 bits per heavy atom. The number of aromatic hydroxyl groups is 2. The van der Waals surface area contributed by atoms with Crippen molar-refractivity contribution >= 4 is 0 Å². The van der Waals surface area contributed by atoms with Crippen LogP contribution in [-0.2, 0) is 13.1 Å². The monoisotopic (exact) mass is 572 g/mol. The highest BCUT2D eigenvalue weighted by molar-refractivity contribution is 5.69. The Morgan fingerprint density at radius 1 is 0.619 bits per heavy atom. The largest absolute Gasteiger partial charge is 0.504 e. The van der Waals surface area contributed by atoms with Gasteiger partial charge in [0, 0.05) is 62.8 Å². The number of hydrogen-bond donors (Lipinski definition) is 2. The number of pyridine rings is 2. The second-order valence-corrected chi connectivity index (χ2v) is 10.1. The molecule has 0 unspecified atom stereocenters. The lowest BCUT2D eigenvalue weighted by Crippen LogP contribution is -2.45. The highest BCUT2D eigenvalue weighted by Crippen LogP contribution is 2.41. The van der Waals surface area contributed by atoms with Crippen molar-refractivity contribution in [3.63, 3.8) is 0 Å². The molecule has 4 aromatic rings. The smallest absolute Gasteiger partial charge is 0.203 e. The van der Waals surface area contributed by atoms with Gasteiger partial charge in [-0.15, -0.1) is 0 Å². The summed E-state index contributed by atoms with van der Waals surface area (Å²) >= 11 is 0. The number of ether oxygens (including phenoxy) is 4. The third-order valence-corrected chi connectivity index (χ3v) is 7.46. The van der Waals surface area contributed by atoms with Crippen molar-refractivity contribution in [2.75, 3.05) is 54.6 Å². The molecule has 3 heterocycles. The lowest BCUT2D eigenvalue weighted by Gasteiger charge is -2.34. The zero-order chi connectivity index (χ0) is 29.6. The number of phenols is 2. The topological polar surface area (TPSA) is 110 Å². The predicted molar refractivity (Wildman–Crippen MR) is 159 cm³/mol. The van der Waals surface area contributed by atoms with Gasteiger partial charge in [-0.05, 0) is 59.7 Å². The lowest BCUT2D eigenvalue weighted by molar-refractivity contribution is 0.122. The maximum atomic E-state index is 10.1. The van der Waals surface area contributed by atoms with Gasteiger partial charge in [0.05, 0.1) is 39.8 Å². The SMILES string of the molecule is COc1cc(-c2cc(CN3CCN(Cc4ccnc(-c5cc(OC)c(OC)c(OC)c5)c4)CC3)ccn2)cc(O)c1O. The molecular weight excluding hydrogens is 536 g/mol. The van der Waals surface area contributed by atoms with Gasteiger partial charge in [-0.2, -0.15) is 0 Å². The molecule has 0 bridgehead atoms. The summed E-state index contributed by atoms with van der Waals surface area (Å²) in [6.45, 7) is 5.41. The number of aromatic nitrogens is 2. The fourth-order valence-electron chi connectivity index (χ4n) is 5.21. The standard InChI is InChI=1S/C32H36N4O6/c1-39-28-16-23(15-27(37)31(28)38)25-13-21(5-7-33-25)19-35-9-11-36(12-10-35)20-22-6-8-34-26(14-22)24-17-29(40-2)32(42-4)30(18-24)41-3/h5-8,13-18,37-38H,9-12,19-20H2,1-4H3. The minimum absolute atomic E-state index is 0.207. The predicted octanol–water partition coefficient (Wildman–Crippen LogP) is 4.57. The van der Waals surface area contributed by atoms with Gasteiger partial charge in [0.2, 0.25) is 11.5 Å². The first-order valence-electron chi connectivity index (χ1n) is 13.7. The zero-order valence-electron chi connectivity index (χ0n) is 24.3. The average molecular weight is 573 g/mol. The molecule has 2 aromatic carbocycles. The Hall–Kier alpha value is -4.54. The van der Waals surface area contributed by atoms with Gasteiger partial charge in [0.25, 0.3) is 0 Å². The van der Waals surface area contributed by atoms with E-state index in [1.54, 1.807) is 33.6 Å². The summed E-state index contributed by atoms with van der Waals surface area (Å²) in [7, 11) is 6.26. The van der Waals surface area contributed by atoms with Crippen molar-refractivity contribution in [3.05, 3.63) is 72.1 Å². The van der Waals surface area contributed by atoms with E-state index in [1.165, 1.54) is 18.7 Å². The Morgan fingerprint density at radius 2 is 1.07 bits per heavy atom. The van der Waals surface area contributed by atoms with Crippen LogP contribution in [0.3, 0.4) is 0 Å². The molecule has 220 valence electrons. The molecule has 10 heteroatoms. The van der Waals surface area contributed by atoms with E-state index in [4.69, 9.17) is 18.9 Å². The van der Waals surface area contributed by atoms with Gasteiger partial charge in [0.1, 0.15) is 0 Å². The summed E-state index contributed by atoms with van der Waals surface area (Å²) in [6, 6.07) is 15.2. The first-order chi connectivity index (χ1) is 20.4. The van der Waals surface area contributed by atoms with Crippen LogP contribution in [0.15, 0.2) is 60.9 Å². The Labute approximate surface area is 245 Å². The van der Waals surface area contributed by atoms with Crippen molar-refractivity contribution in [3.8, 4) is 57.0 Å². The van der Waals surface area contributed by atoms with E-state index in [1.807, 2.05) is 30.5 Å². The molecule has 1 aliphatic rings. The number of rotatable bonds is 10. The van der Waals surface area contributed by atoms with Crippen LogP contribution in [0.2, 0.25) is 0 Å². The molecule has 5 rings (SSSR count). The van der Waals surface area contributed by atoms with Crippen LogP contribution in [0.4, 0.5) is 0 Å². The van der Waals surface area contributed by atoms with Gasteiger partial charge in [0.15, 0.2) is 23.0 Å². The molecule has 0 amide bonds. The molecule has 1 saturated heterocycles. The van der Waals surface area contributed by atoms with E-state index in [9.17, 15) is 10.2 Å². The Bertz CT molecular complexity index is 1510. The van der Waals surface area contributed by atoms with E-state index in [2.05, 4.69) is 31.9 Å². The van der Waals surface area contributed by atoms with Crippen molar-refractivity contribution in [2.45, 2.75) is 13.1 Å². The van der Waals surface area contributed by atoms with Crippen LogP contribution in [0, 0.1) is 0 Å². The second-order valence-electron chi connectivity index (χ2n) is 10.1. The first-order valence-corrected chi connectivity index (χ1v) is 13.7. The van der Waals surface area contributed by atoms with E-state index in [0.29, 0.717) is 28.5 Å². The molecule has 0 aliphatic carbocycles. The second kappa shape index (κ2) is 13.0. The van der Waals surface area contributed by atoms with Gasteiger partial charge in [-0.25, -0.2) is 0 Å². The number of piperazine rings is 1. The molecule has 1 fully saturated rings. The molecule has 2 aromatic heterocycles. The molecule has 0 radical (unpaired) electrons. The summed E-state index contributed by atoms with van der Waals surface area (Å²) in [5.41, 5.74) is 5.45. The summed E-state index contributed by atoms with van der Waals surface area (Å²) < 4.78 is 21.7. The van der Waals surface area contributed by atoms with Gasteiger partial charge in [-0.3, -0.25) is 19.8 Å². The molecule has 0 saturated carbocycles. The van der Waals surface area contributed by atoms with Crippen molar-refractivity contribution in [1.29, 1.82) is 0 Å². The number of benzene rings is 2. The van der Waals surface area contributed by atoms with Crippen molar-refractivity contribution in [1.82, 2.24) is 19.8 Å². The van der Waals surface area contributed by atoms with E-state index in [0.717, 1.165) is 56.1 Å². The Balaban J connectivity index is 1.21. The highest BCUT2D eigenvalue weighted by atomic mass is 16.5. The summed E-state index contributed by atoms with van der Waals surface area (Å²) in [5, 5.41) is 20.0. The van der Waals surface area contributed by atoms with Crippen molar-refractivity contribution in [2.24, 2.45) is 0 Å². The van der Waals surface area contributed by atoms with Crippen LogP contribution >= 0.6 is 0 Å². The third-order valence-electron chi connectivity index (χ3n) is 7.46. The van der Waals surface area contributed by atoms with Gasteiger partial charge < -0.3 is 29.2 Å². The third kappa shape index (κ3) is 6.35. The Kier molecular flexibility index (Phi) is 8.94. The minimum Gasteiger partial charge on any atom is -0.504 e. The summed E-state index contributed by atoms with van der Waals surface area (Å²) in [6.07, 6.45) is 3.61. The fourth-order valence-corrected chi connectivity index (χ4v) is 5.21. The minimum atomic E-state index is -0.278. The molecule has 1 aliphatic heterocycles. The molecule has 0 spiro atoms. The molecule has 42 heavy (non-hydrogen) atoms. The highest BCUT2D eigenvalue weighted by Gasteiger charge is 2.19. The molecular formula is C32H36N4O6. The van der Waals surface area contributed by atoms with Crippen molar-refractivity contribution < 1.29 is 29.2 Å². The maximum absolute atomic E-state index is 10.1. The van der Waals surface area contributed by atoms with Gasteiger partial charge >= 0.3 is 0 Å². The number of methoxy groups -OCH3 is 4. The number of phenolic OH excluding ortho intramolecular Hbond substituents is 2. The van der Waals surface area contributed by atoms with Crippen LogP contribution in [-0.4, -0.2) is 84.6 Å². The van der Waals surface area contributed by atoms with E-state index in [-0.39, 0.29) is 17.2 Å². The quantitative estimate of drug-likeness (QED) is 0.262. The van der Waals surface area contributed by atoms with Crippen LogP contribution in [0.25, 0.3) is 22.5 Å². The molecule has 0 atom stereocenters. The average Bonchev–Trinajstić information content (AvgIpc) is 3.02. The van der Waals surface area contributed by atoms with Crippen LogP contribution in [0.5, 0.6) is 34.5 Å². The fraction of sp³-hybridized carbons (Fsp3) is 0.312. The van der Waals surface area contributed by atoms with Gasteiger partial charge in [-0.1, -0.05) is 0 Å². The van der Waals surface area contributed by atoms with Crippen LogP contribution in [0.1, 0.15) is 11.1 Å². The maximum Gasteiger partial charge on any atom is 0.203 e. The molecule has 2 N–H and O–H groups in total. The summed E-state index contributed by atoms with van der Waals surface area (Å²) in [4.78, 5) is 13.9. The molecule has 10 nitrogen and oxygen atoms in total. The summed E-state index contributed by atoms with van der Waals surface area (Å²) in [5.74, 6) is 1.44. The number of nitrogens with zero attached hydrogens (tertiary/aromatic N) is 4. The van der Waals surface area contributed by atoms with E-state index >= 15 is 0 Å². The van der Waals surface area contributed by atoms with Crippen LogP contribution < -0.4 is 18.9 Å². The lowest BCUT2D eigenvalue weighted by atomic mass is 10.1. The van der Waals surface area contributed by atoms with E-state index < -0.39 is 0 Å². The normalized spacial score (nSPS) is 14.0.